The molecule has 2 unspecified atom stereocenters. The summed E-state index contributed by atoms with van der Waals surface area (Å²) in [6.45, 7) is 7.81. The van der Waals surface area contributed by atoms with E-state index >= 15 is 0 Å². The number of nitrogens with zero attached hydrogens (tertiary/aromatic N) is 1. The van der Waals surface area contributed by atoms with Crippen LogP contribution in [0, 0.1) is 0 Å². The molecule has 118 valence electrons. The average Bonchev–Trinajstić information content (AvgIpc) is 2.49. The predicted molar refractivity (Wildman–Crippen MR) is 91.9 cm³/mol. The first kappa shape index (κ1) is 16.8. The van der Waals surface area contributed by atoms with Gasteiger partial charge in [-0.25, -0.2) is 0 Å². The Morgan fingerprint density at radius 2 is 2.19 bits per heavy atom. The summed E-state index contributed by atoms with van der Waals surface area (Å²) in [6, 6.07) is 7.69. The fourth-order valence-corrected chi connectivity index (χ4v) is 3.64. The van der Waals surface area contributed by atoms with Gasteiger partial charge in [0.1, 0.15) is 5.75 Å². The van der Waals surface area contributed by atoms with Gasteiger partial charge < -0.3 is 10.1 Å². The first-order valence-corrected chi connectivity index (χ1v) is 8.77. The van der Waals surface area contributed by atoms with Gasteiger partial charge in [-0.3, -0.25) is 4.90 Å². The Balaban J connectivity index is 2.07. The average molecular weight is 355 g/mol. The highest BCUT2D eigenvalue weighted by atomic mass is 79.9. The number of ether oxygens (including phenoxy) is 1. The molecule has 2 atom stereocenters. The third-order valence-electron chi connectivity index (χ3n) is 4.33. The fourth-order valence-electron chi connectivity index (χ4n) is 3.06. The lowest BCUT2D eigenvalue weighted by Crippen LogP contribution is -2.55. The number of halogens is 1. The van der Waals surface area contributed by atoms with Crippen molar-refractivity contribution in [3.63, 3.8) is 0 Å². The van der Waals surface area contributed by atoms with E-state index in [1.807, 2.05) is 6.07 Å². The number of methoxy groups -OCH3 is 1. The van der Waals surface area contributed by atoms with Gasteiger partial charge in [0.25, 0.3) is 0 Å². The van der Waals surface area contributed by atoms with E-state index in [1.165, 1.54) is 24.8 Å². The highest BCUT2D eigenvalue weighted by Gasteiger charge is 2.26. The molecule has 4 heteroatoms. The van der Waals surface area contributed by atoms with Crippen LogP contribution in [0.1, 0.15) is 38.7 Å². The maximum atomic E-state index is 5.31. The second-order valence-corrected chi connectivity index (χ2v) is 6.71. The van der Waals surface area contributed by atoms with Crippen molar-refractivity contribution in [3.8, 4) is 5.75 Å². The molecule has 0 spiro atoms. The molecule has 0 aliphatic carbocycles. The Morgan fingerprint density at radius 3 is 2.81 bits per heavy atom. The minimum atomic E-state index is 0.625. The molecular formula is C17H27BrN2O. The van der Waals surface area contributed by atoms with E-state index in [0.29, 0.717) is 12.1 Å². The summed E-state index contributed by atoms with van der Waals surface area (Å²) >= 11 is 3.59. The Bertz CT molecular complexity index is 452. The van der Waals surface area contributed by atoms with Crippen LogP contribution < -0.4 is 10.1 Å². The molecule has 1 aliphatic heterocycles. The summed E-state index contributed by atoms with van der Waals surface area (Å²) in [6.07, 6.45) is 3.70. The van der Waals surface area contributed by atoms with Crippen molar-refractivity contribution in [2.75, 3.05) is 20.2 Å². The van der Waals surface area contributed by atoms with E-state index < -0.39 is 0 Å². The lowest BCUT2D eigenvalue weighted by Gasteiger charge is -2.40. The highest BCUT2D eigenvalue weighted by molar-refractivity contribution is 9.10. The van der Waals surface area contributed by atoms with E-state index in [2.05, 4.69) is 52.1 Å². The molecule has 1 aromatic carbocycles. The SMILES string of the molecule is CCCC1CNC(CC)CN1Cc1ccc(OC)c(Br)c1. The van der Waals surface area contributed by atoms with E-state index in [1.54, 1.807) is 7.11 Å². The maximum Gasteiger partial charge on any atom is 0.133 e. The summed E-state index contributed by atoms with van der Waals surface area (Å²) in [7, 11) is 1.71. The van der Waals surface area contributed by atoms with Crippen molar-refractivity contribution in [1.29, 1.82) is 0 Å². The number of benzene rings is 1. The van der Waals surface area contributed by atoms with Crippen molar-refractivity contribution in [3.05, 3.63) is 28.2 Å². The number of hydrogen-bond donors (Lipinski definition) is 1. The third-order valence-corrected chi connectivity index (χ3v) is 4.95. The van der Waals surface area contributed by atoms with Crippen molar-refractivity contribution in [2.45, 2.75) is 51.7 Å². The van der Waals surface area contributed by atoms with Crippen molar-refractivity contribution < 1.29 is 4.74 Å². The van der Waals surface area contributed by atoms with Gasteiger partial charge in [0.15, 0.2) is 0 Å². The maximum absolute atomic E-state index is 5.31. The second kappa shape index (κ2) is 8.16. The first-order chi connectivity index (χ1) is 10.2. The molecule has 0 amide bonds. The van der Waals surface area contributed by atoms with Crippen LogP contribution in [-0.4, -0.2) is 37.2 Å². The van der Waals surface area contributed by atoms with Gasteiger partial charge in [-0.1, -0.05) is 26.3 Å². The summed E-state index contributed by atoms with van der Waals surface area (Å²) in [5.74, 6) is 0.899. The fraction of sp³-hybridized carbons (Fsp3) is 0.647. The Kier molecular flexibility index (Phi) is 6.52. The minimum Gasteiger partial charge on any atom is -0.496 e. The predicted octanol–water partition coefficient (Wildman–Crippen LogP) is 3.81. The van der Waals surface area contributed by atoms with Gasteiger partial charge in [0.2, 0.25) is 0 Å². The number of piperazine rings is 1. The lowest BCUT2D eigenvalue weighted by molar-refractivity contribution is 0.113. The Hall–Kier alpha value is -0.580. The topological polar surface area (TPSA) is 24.5 Å². The zero-order valence-electron chi connectivity index (χ0n) is 13.4. The van der Waals surface area contributed by atoms with Crippen LogP contribution in [0.3, 0.4) is 0 Å². The zero-order chi connectivity index (χ0) is 15.2. The van der Waals surface area contributed by atoms with Gasteiger partial charge in [0, 0.05) is 31.7 Å². The zero-order valence-corrected chi connectivity index (χ0v) is 14.9. The van der Waals surface area contributed by atoms with Gasteiger partial charge >= 0.3 is 0 Å². The summed E-state index contributed by atoms with van der Waals surface area (Å²) in [5.41, 5.74) is 1.35. The molecular weight excluding hydrogens is 328 g/mol. The molecule has 2 rings (SSSR count). The molecule has 0 radical (unpaired) electrons. The van der Waals surface area contributed by atoms with Crippen LogP contribution in [-0.2, 0) is 6.54 Å². The number of rotatable bonds is 6. The molecule has 1 aliphatic rings. The molecule has 0 aromatic heterocycles. The monoisotopic (exact) mass is 354 g/mol. The number of hydrogen-bond acceptors (Lipinski definition) is 3. The smallest absolute Gasteiger partial charge is 0.133 e. The molecule has 1 heterocycles. The summed E-state index contributed by atoms with van der Waals surface area (Å²) < 4.78 is 6.35. The molecule has 1 saturated heterocycles. The first-order valence-electron chi connectivity index (χ1n) is 7.97. The molecule has 1 aromatic rings. The Labute approximate surface area is 137 Å². The quantitative estimate of drug-likeness (QED) is 0.840. The van der Waals surface area contributed by atoms with Gasteiger partial charge in [-0.05, 0) is 46.5 Å². The van der Waals surface area contributed by atoms with E-state index in [9.17, 15) is 0 Å². The Morgan fingerprint density at radius 1 is 1.38 bits per heavy atom. The van der Waals surface area contributed by atoms with Crippen LogP contribution in [0.25, 0.3) is 0 Å². The van der Waals surface area contributed by atoms with Crippen molar-refractivity contribution in [2.24, 2.45) is 0 Å². The van der Waals surface area contributed by atoms with Crippen LogP contribution in [0.4, 0.5) is 0 Å². The molecule has 3 nitrogen and oxygen atoms in total. The molecule has 1 N–H and O–H groups in total. The molecule has 0 saturated carbocycles. The van der Waals surface area contributed by atoms with Gasteiger partial charge in [-0.2, -0.15) is 0 Å². The van der Waals surface area contributed by atoms with Crippen molar-refractivity contribution in [1.82, 2.24) is 10.2 Å². The van der Waals surface area contributed by atoms with E-state index in [4.69, 9.17) is 4.74 Å². The van der Waals surface area contributed by atoms with E-state index in [0.717, 1.165) is 29.9 Å². The second-order valence-electron chi connectivity index (χ2n) is 5.85. The van der Waals surface area contributed by atoms with Crippen LogP contribution >= 0.6 is 15.9 Å². The highest BCUT2D eigenvalue weighted by Crippen LogP contribution is 2.27. The van der Waals surface area contributed by atoms with Crippen LogP contribution in [0.2, 0.25) is 0 Å². The molecule has 21 heavy (non-hydrogen) atoms. The molecule has 1 fully saturated rings. The summed E-state index contributed by atoms with van der Waals surface area (Å²) in [5, 5.41) is 3.68. The molecule has 0 bridgehead atoms. The lowest BCUT2D eigenvalue weighted by atomic mass is 10.0. The standard InChI is InChI=1S/C17H27BrN2O/c1-4-6-15-10-19-14(5-2)12-20(15)11-13-7-8-17(21-3)16(18)9-13/h7-9,14-15,19H,4-6,10-12H2,1-3H3. The normalized spacial score (nSPS) is 23.2. The van der Waals surface area contributed by atoms with Gasteiger partial charge in [-0.15, -0.1) is 0 Å². The number of nitrogens with one attached hydrogen (secondary N) is 1. The van der Waals surface area contributed by atoms with Crippen molar-refractivity contribution >= 4 is 15.9 Å². The summed E-state index contributed by atoms with van der Waals surface area (Å²) in [4.78, 5) is 2.64. The van der Waals surface area contributed by atoms with Gasteiger partial charge in [0.05, 0.1) is 11.6 Å². The van der Waals surface area contributed by atoms with Crippen LogP contribution in [0.15, 0.2) is 22.7 Å². The third kappa shape index (κ3) is 4.44. The largest absolute Gasteiger partial charge is 0.496 e. The minimum absolute atomic E-state index is 0.625. The van der Waals surface area contributed by atoms with Crippen LogP contribution in [0.5, 0.6) is 5.75 Å². The van der Waals surface area contributed by atoms with E-state index in [-0.39, 0.29) is 0 Å².